The van der Waals surface area contributed by atoms with E-state index in [0.717, 1.165) is 33.2 Å². The summed E-state index contributed by atoms with van der Waals surface area (Å²) < 4.78 is 2.05. The van der Waals surface area contributed by atoms with E-state index in [9.17, 15) is 9.59 Å². The molecule has 6 heteroatoms. The number of nitrogens with one attached hydrogen (secondary N) is 1. The summed E-state index contributed by atoms with van der Waals surface area (Å²) in [6.45, 7) is 8.36. The number of benzene rings is 1. The number of hydrogen-bond acceptors (Lipinski definition) is 4. The van der Waals surface area contributed by atoms with Gasteiger partial charge in [-0.1, -0.05) is 23.5 Å². The number of nitrogens with zero attached hydrogens (tertiary/aromatic N) is 2. The largest absolute Gasteiger partial charge is 0.352 e. The molecule has 0 atom stereocenters. The van der Waals surface area contributed by atoms with Gasteiger partial charge in [0.1, 0.15) is 0 Å². The standard InChI is InChI=1S/C17H21N3O2S/c1-5-20-11(2)16(12(3)21)23-17(20)19-15-8-6-14(7-9-15)10-18-13(4)22/h6-9H,5,10H2,1-4H3,(H,18,22). The summed E-state index contributed by atoms with van der Waals surface area (Å²) in [5.74, 6) is 0.0235. The van der Waals surface area contributed by atoms with Crippen molar-refractivity contribution in [2.45, 2.75) is 40.8 Å². The Hall–Kier alpha value is -2.21. The van der Waals surface area contributed by atoms with Crippen LogP contribution in [0, 0.1) is 6.92 Å². The van der Waals surface area contributed by atoms with Crippen LogP contribution in [0.3, 0.4) is 0 Å². The maximum atomic E-state index is 11.7. The predicted molar refractivity (Wildman–Crippen MR) is 91.9 cm³/mol. The van der Waals surface area contributed by atoms with Gasteiger partial charge >= 0.3 is 0 Å². The minimum atomic E-state index is -0.0476. The van der Waals surface area contributed by atoms with Crippen LogP contribution < -0.4 is 10.1 Å². The van der Waals surface area contributed by atoms with Gasteiger partial charge in [-0.15, -0.1) is 0 Å². The molecule has 23 heavy (non-hydrogen) atoms. The van der Waals surface area contributed by atoms with Gasteiger partial charge in [-0.25, -0.2) is 4.99 Å². The van der Waals surface area contributed by atoms with E-state index in [1.54, 1.807) is 6.92 Å². The summed E-state index contributed by atoms with van der Waals surface area (Å²) >= 11 is 1.42. The van der Waals surface area contributed by atoms with Gasteiger partial charge in [-0.05, 0) is 31.5 Å². The predicted octanol–water partition coefficient (Wildman–Crippen LogP) is 2.95. The van der Waals surface area contributed by atoms with Gasteiger partial charge in [-0.3, -0.25) is 9.59 Å². The second-order valence-corrected chi connectivity index (χ2v) is 6.27. The highest BCUT2D eigenvalue weighted by atomic mass is 32.1. The number of amides is 1. The first-order valence-corrected chi connectivity index (χ1v) is 8.33. The molecule has 0 saturated heterocycles. The number of carbonyl (C=O) groups excluding carboxylic acids is 2. The molecule has 2 rings (SSSR count). The zero-order valence-electron chi connectivity index (χ0n) is 13.8. The topological polar surface area (TPSA) is 63.5 Å². The summed E-state index contributed by atoms with van der Waals surface area (Å²) in [5.41, 5.74) is 2.82. The lowest BCUT2D eigenvalue weighted by molar-refractivity contribution is -0.119. The lowest BCUT2D eigenvalue weighted by Crippen LogP contribution is -2.18. The highest BCUT2D eigenvalue weighted by Gasteiger charge is 2.12. The van der Waals surface area contributed by atoms with Crippen LogP contribution in [0.15, 0.2) is 29.3 Å². The highest BCUT2D eigenvalue weighted by Crippen LogP contribution is 2.16. The fourth-order valence-electron chi connectivity index (χ4n) is 2.29. The van der Waals surface area contributed by atoms with Crippen molar-refractivity contribution in [3.8, 4) is 0 Å². The van der Waals surface area contributed by atoms with Crippen LogP contribution in [0.1, 0.15) is 41.7 Å². The van der Waals surface area contributed by atoms with E-state index >= 15 is 0 Å². The van der Waals surface area contributed by atoms with Gasteiger partial charge in [0, 0.05) is 32.6 Å². The van der Waals surface area contributed by atoms with Gasteiger partial charge in [0.25, 0.3) is 0 Å². The Labute approximate surface area is 139 Å². The van der Waals surface area contributed by atoms with Crippen LogP contribution in [0.2, 0.25) is 0 Å². The van der Waals surface area contributed by atoms with Crippen LogP contribution in [0.4, 0.5) is 5.69 Å². The molecule has 1 heterocycles. The number of hydrogen-bond donors (Lipinski definition) is 1. The van der Waals surface area contributed by atoms with Gasteiger partial charge in [-0.2, -0.15) is 0 Å². The molecule has 0 aliphatic carbocycles. The maximum Gasteiger partial charge on any atom is 0.217 e. The van der Waals surface area contributed by atoms with Gasteiger partial charge < -0.3 is 9.88 Å². The molecule has 0 aliphatic heterocycles. The van der Waals surface area contributed by atoms with Crippen molar-refractivity contribution in [3.63, 3.8) is 0 Å². The average Bonchev–Trinajstić information content (AvgIpc) is 2.82. The zero-order chi connectivity index (χ0) is 17.0. The minimum absolute atomic E-state index is 0.0476. The molecular formula is C17H21N3O2S. The van der Waals surface area contributed by atoms with E-state index in [-0.39, 0.29) is 11.7 Å². The van der Waals surface area contributed by atoms with Crippen LogP contribution in [-0.2, 0) is 17.9 Å². The van der Waals surface area contributed by atoms with Crippen molar-refractivity contribution in [2.75, 3.05) is 0 Å². The SMILES string of the molecule is CCn1c(C)c(C(C)=O)sc1=Nc1ccc(CNC(C)=O)cc1. The molecule has 122 valence electrons. The second kappa shape index (κ2) is 7.37. The molecule has 2 aromatic rings. The molecule has 0 spiro atoms. The van der Waals surface area contributed by atoms with Crippen molar-refractivity contribution in [3.05, 3.63) is 45.2 Å². The number of carbonyl (C=O) groups is 2. The smallest absolute Gasteiger partial charge is 0.217 e. The molecule has 0 bridgehead atoms. The summed E-state index contributed by atoms with van der Waals surface area (Å²) in [5, 5.41) is 2.76. The third kappa shape index (κ3) is 4.16. The maximum absolute atomic E-state index is 11.7. The Kier molecular flexibility index (Phi) is 5.50. The van der Waals surface area contributed by atoms with E-state index in [4.69, 9.17) is 0 Å². The van der Waals surface area contributed by atoms with Crippen molar-refractivity contribution in [2.24, 2.45) is 4.99 Å². The summed E-state index contributed by atoms with van der Waals surface area (Å²) in [6.07, 6.45) is 0. The molecular weight excluding hydrogens is 310 g/mol. The Morgan fingerprint density at radius 1 is 1.22 bits per heavy atom. The third-order valence-corrected chi connectivity index (χ3v) is 4.78. The van der Waals surface area contributed by atoms with Crippen molar-refractivity contribution >= 4 is 28.7 Å². The number of Topliss-reactive ketones (excluding diaryl/α,β-unsaturated/α-hetero) is 1. The highest BCUT2D eigenvalue weighted by molar-refractivity contribution is 7.11. The Morgan fingerprint density at radius 2 is 1.87 bits per heavy atom. The number of rotatable bonds is 5. The van der Waals surface area contributed by atoms with Crippen LogP contribution in [-0.4, -0.2) is 16.3 Å². The number of ketones is 1. The van der Waals surface area contributed by atoms with E-state index in [1.807, 2.05) is 42.7 Å². The van der Waals surface area contributed by atoms with Crippen LogP contribution in [0.5, 0.6) is 0 Å². The Balaban J connectivity index is 2.33. The van der Waals surface area contributed by atoms with E-state index in [1.165, 1.54) is 18.3 Å². The van der Waals surface area contributed by atoms with Crippen molar-refractivity contribution < 1.29 is 9.59 Å². The fraction of sp³-hybridized carbons (Fsp3) is 0.353. The molecule has 1 aromatic heterocycles. The number of thiazole rings is 1. The first-order valence-electron chi connectivity index (χ1n) is 7.51. The van der Waals surface area contributed by atoms with Crippen molar-refractivity contribution in [1.82, 2.24) is 9.88 Å². The molecule has 0 saturated carbocycles. The summed E-state index contributed by atoms with van der Waals surface area (Å²) in [4.78, 5) is 28.9. The monoisotopic (exact) mass is 331 g/mol. The van der Waals surface area contributed by atoms with E-state index in [2.05, 4.69) is 10.3 Å². The normalized spacial score (nSPS) is 11.6. The molecule has 0 radical (unpaired) electrons. The summed E-state index contributed by atoms with van der Waals surface area (Å²) in [7, 11) is 0. The molecule has 0 fully saturated rings. The number of aromatic nitrogens is 1. The first kappa shape index (κ1) is 17.1. The third-order valence-electron chi connectivity index (χ3n) is 3.50. The second-order valence-electron chi connectivity index (χ2n) is 5.29. The molecule has 1 N–H and O–H groups in total. The van der Waals surface area contributed by atoms with Gasteiger partial charge in [0.2, 0.25) is 5.91 Å². The zero-order valence-corrected chi connectivity index (χ0v) is 14.7. The quantitative estimate of drug-likeness (QED) is 0.856. The van der Waals surface area contributed by atoms with E-state index in [0.29, 0.717) is 6.54 Å². The van der Waals surface area contributed by atoms with Crippen LogP contribution in [0.25, 0.3) is 0 Å². The molecule has 1 amide bonds. The average molecular weight is 331 g/mol. The fourth-order valence-corrected chi connectivity index (χ4v) is 3.41. The molecule has 0 unspecified atom stereocenters. The molecule has 0 aliphatic rings. The van der Waals surface area contributed by atoms with E-state index < -0.39 is 0 Å². The Morgan fingerprint density at radius 3 is 2.39 bits per heavy atom. The first-order chi connectivity index (χ1) is 10.9. The Bertz CT molecular complexity index is 785. The molecule has 1 aromatic carbocycles. The van der Waals surface area contributed by atoms with Gasteiger partial charge in [0.15, 0.2) is 10.6 Å². The minimum Gasteiger partial charge on any atom is -0.352 e. The van der Waals surface area contributed by atoms with Gasteiger partial charge in [0.05, 0.1) is 10.6 Å². The summed E-state index contributed by atoms with van der Waals surface area (Å²) in [6, 6.07) is 7.72. The molecule has 5 nitrogen and oxygen atoms in total. The lowest BCUT2D eigenvalue weighted by atomic mass is 10.2. The lowest BCUT2D eigenvalue weighted by Gasteiger charge is -2.03. The van der Waals surface area contributed by atoms with Crippen molar-refractivity contribution in [1.29, 1.82) is 0 Å². The van der Waals surface area contributed by atoms with Crippen LogP contribution >= 0.6 is 11.3 Å².